The second kappa shape index (κ2) is 5.94. The van der Waals surface area contributed by atoms with Crippen LogP contribution in [0, 0.1) is 0 Å². The summed E-state index contributed by atoms with van der Waals surface area (Å²) in [6, 6.07) is 5.83. The lowest BCUT2D eigenvalue weighted by molar-refractivity contribution is 0.116. The Morgan fingerprint density at radius 3 is 2.07 bits per heavy atom. The van der Waals surface area contributed by atoms with E-state index < -0.39 is 12.5 Å². The Labute approximate surface area is 88.7 Å². The van der Waals surface area contributed by atoms with Crippen LogP contribution in [0.2, 0.25) is 0 Å². The minimum atomic E-state index is -2.49. The van der Waals surface area contributed by atoms with Crippen LogP contribution in [0.5, 0.6) is 0 Å². The topological polar surface area (TPSA) is 26.0 Å². The van der Waals surface area contributed by atoms with Crippen molar-refractivity contribution in [2.24, 2.45) is 5.73 Å². The van der Waals surface area contributed by atoms with Crippen molar-refractivity contribution in [2.45, 2.75) is 25.8 Å². The molecule has 1 rings (SSSR count). The van der Waals surface area contributed by atoms with Gasteiger partial charge in [0.2, 0.25) is 0 Å². The smallest absolute Gasteiger partial charge is 0.257 e. The van der Waals surface area contributed by atoms with E-state index in [1.165, 1.54) is 0 Å². The zero-order chi connectivity index (χ0) is 9.84. The van der Waals surface area contributed by atoms with Crippen molar-refractivity contribution >= 4 is 12.4 Å². The van der Waals surface area contributed by atoms with E-state index in [9.17, 15) is 8.78 Å². The molecule has 2 N–H and O–H groups in total. The molecule has 1 atom stereocenters. The van der Waals surface area contributed by atoms with Crippen LogP contribution in [0.3, 0.4) is 0 Å². The van der Waals surface area contributed by atoms with Gasteiger partial charge in [0, 0.05) is 0 Å². The Balaban J connectivity index is 0.00000169. The SMILES string of the molecule is CCc1ccc([C@H](N)C(F)F)cc1.Cl. The highest BCUT2D eigenvalue weighted by atomic mass is 35.5. The molecule has 14 heavy (non-hydrogen) atoms. The molecule has 0 aliphatic carbocycles. The first kappa shape index (κ1) is 13.3. The summed E-state index contributed by atoms with van der Waals surface area (Å²) < 4.78 is 24.3. The molecule has 0 radical (unpaired) electrons. The number of halogens is 3. The summed E-state index contributed by atoms with van der Waals surface area (Å²) >= 11 is 0. The van der Waals surface area contributed by atoms with Gasteiger partial charge in [-0.2, -0.15) is 0 Å². The number of benzene rings is 1. The highest BCUT2D eigenvalue weighted by molar-refractivity contribution is 5.85. The fourth-order valence-electron chi connectivity index (χ4n) is 1.12. The molecule has 80 valence electrons. The Bertz CT molecular complexity index is 261. The van der Waals surface area contributed by atoms with Crippen molar-refractivity contribution in [1.29, 1.82) is 0 Å². The van der Waals surface area contributed by atoms with Crippen molar-refractivity contribution < 1.29 is 8.78 Å². The summed E-state index contributed by atoms with van der Waals surface area (Å²) in [7, 11) is 0. The first-order chi connectivity index (χ1) is 6.15. The summed E-state index contributed by atoms with van der Waals surface area (Å²) in [5.74, 6) is 0. The Morgan fingerprint density at radius 1 is 1.21 bits per heavy atom. The van der Waals surface area contributed by atoms with Crippen LogP contribution < -0.4 is 5.73 Å². The molecule has 0 bridgehead atoms. The van der Waals surface area contributed by atoms with Gasteiger partial charge in [-0.25, -0.2) is 8.78 Å². The average molecular weight is 222 g/mol. The predicted octanol–water partition coefficient (Wildman–Crippen LogP) is 2.94. The number of aryl methyl sites for hydroxylation is 1. The van der Waals surface area contributed by atoms with Gasteiger partial charge in [-0.15, -0.1) is 12.4 Å². The molecule has 0 aliphatic rings. The van der Waals surface area contributed by atoms with Gasteiger partial charge in [-0.05, 0) is 17.5 Å². The molecule has 0 saturated carbocycles. The van der Waals surface area contributed by atoms with E-state index in [0.29, 0.717) is 5.56 Å². The van der Waals surface area contributed by atoms with E-state index in [0.717, 1.165) is 12.0 Å². The van der Waals surface area contributed by atoms with Crippen molar-refractivity contribution in [2.75, 3.05) is 0 Å². The van der Waals surface area contributed by atoms with E-state index in [-0.39, 0.29) is 12.4 Å². The zero-order valence-corrected chi connectivity index (χ0v) is 8.73. The van der Waals surface area contributed by atoms with Gasteiger partial charge in [0.25, 0.3) is 6.43 Å². The predicted molar refractivity (Wildman–Crippen MR) is 56.0 cm³/mol. The van der Waals surface area contributed by atoms with Gasteiger partial charge in [0.05, 0.1) is 6.04 Å². The van der Waals surface area contributed by atoms with Crippen molar-refractivity contribution in [3.63, 3.8) is 0 Å². The van der Waals surface area contributed by atoms with E-state index in [2.05, 4.69) is 0 Å². The summed E-state index contributed by atoms with van der Waals surface area (Å²) in [6.45, 7) is 2.02. The van der Waals surface area contributed by atoms with E-state index >= 15 is 0 Å². The highest BCUT2D eigenvalue weighted by Crippen LogP contribution is 2.18. The molecular weight excluding hydrogens is 208 g/mol. The summed E-state index contributed by atoms with van der Waals surface area (Å²) in [5.41, 5.74) is 6.90. The summed E-state index contributed by atoms with van der Waals surface area (Å²) in [6.07, 6.45) is -1.59. The molecule has 0 aliphatic heterocycles. The van der Waals surface area contributed by atoms with Gasteiger partial charge in [-0.1, -0.05) is 31.2 Å². The van der Waals surface area contributed by atoms with Crippen LogP contribution in [0.25, 0.3) is 0 Å². The average Bonchev–Trinajstić information content (AvgIpc) is 2.17. The molecule has 1 aromatic carbocycles. The van der Waals surface area contributed by atoms with Gasteiger partial charge in [0.1, 0.15) is 0 Å². The first-order valence-corrected chi connectivity index (χ1v) is 4.27. The molecule has 1 aromatic rings. The second-order valence-electron chi connectivity index (χ2n) is 2.96. The number of rotatable bonds is 3. The second-order valence-corrected chi connectivity index (χ2v) is 2.96. The Morgan fingerprint density at radius 2 is 1.71 bits per heavy atom. The van der Waals surface area contributed by atoms with Gasteiger partial charge >= 0.3 is 0 Å². The van der Waals surface area contributed by atoms with Crippen LogP contribution in [0.15, 0.2) is 24.3 Å². The molecule has 0 saturated heterocycles. The molecule has 0 amide bonds. The van der Waals surface area contributed by atoms with Crippen molar-refractivity contribution in [3.05, 3.63) is 35.4 Å². The van der Waals surface area contributed by atoms with Crippen LogP contribution in [0.4, 0.5) is 8.78 Å². The third-order valence-corrected chi connectivity index (χ3v) is 2.04. The minimum Gasteiger partial charge on any atom is -0.319 e. The number of nitrogens with two attached hydrogens (primary N) is 1. The number of hydrogen-bond acceptors (Lipinski definition) is 1. The van der Waals surface area contributed by atoms with Crippen LogP contribution >= 0.6 is 12.4 Å². The van der Waals surface area contributed by atoms with E-state index in [4.69, 9.17) is 5.73 Å². The molecule has 0 fully saturated rings. The first-order valence-electron chi connectivity index (χ1n) is 4.27. The maximum absolute atomic E-state index is 12.2. The van der Waals surface area contributed by atoms with E-state index in [1.54, 1.807) is 12.1 Å². The summed E-state index contributed by atoms with van der Waals surface area (Å²) in [4.78, 5) is 0. The fourth-order valence-corrected chi connectivity index (χ4v) is 1.12. The number of alkyl halides is 2. The van der Waals surface area contributed by atoms with Crippen LogP contribution in [-0.2, 0) is 6.42 Å². The third kappa shape index (κ3) is 3.24. The zero-order valence-electron chi connectivity index (χ0n) is 7.91. The molecule has 1 nitrogen and oxygen atoms in total. The molecule has 0 aromatic heterocycles. The van der Waals surface area contributed by atoms with Crippen molar-refractivity contribution in [1.82, 2.24) is 0 Å². The minimum absolute atomic E-state index is 0. The van der Waals surface area contributed by atoms with Gasteiger partial charge in [-0.3, -0.25) is 0 Å². The molecular formula is C10H14ClF2N. The lowest BCUT2D eigenvalue weighted by Crippen LogP contribution is -2.18. The van der Waals surface area contributed by atoms with Gasteiger partial charge < -0.3 is 5.73 Å². The Kier molecular flexibility index (Phi) is 5.65. The maximum atomic E-state index is 12.2. The highest BCUT2D eigenvalue weighted by Gasteiger charge is 2.16. The largest absolute Gasteiger partial charge is 0.319 e. The normalized spacial score (nSPS) is 12.4. The maximum Gasteiger partial charge on any atom is 0.257 e. The quantitative estimate of drug-likeness (QED) is 0.835. The fraction of sp³-hybridized carbons (Fsp3) is 0.400. The van der Waals surface area contributed by atoms with E-state index in [1.807, 2.05) is 19.1 Å². The lowest BCUT2D eigenvalue weighted by Gasteiger charge is -2.10. The Hall–Kier alpha value is -0.670. The van der Waals surface area contributed by atoms with Crippen LogP contribution in [0.1, 0.15) is 24.1 Å². The number of hydrogen-bond donors (Lipinski definition) is 1. The monoisotopic (exact) mass is 221 g/mol. The molecule has 4 heteroatoms. The van der Waals surface area contributed by atoms with Gasteiger partial charge in [0.15, 0.2) is 0 Å². The molecule has 0 spiro atoms. The van der Waals surface area contributed by atoms with Crippen LogP contribution in [-0.4, -0.2) is 6.43 Å². The standard InChI is InChI=1S/C10H13F2N.ClH/c1-2-7-3-5-8(6-4-7)9(13)10(11)12;/h3-6,9-10H,2,13H2,1H3;1H/t9-;/m0./s1. The lowest BCUT2D eigenvalue weighted by atomic mass is 10.1. The van der Waals surface area contributed by atoms with Crippen molar-refractivity contribution in [3.8, 4) is 0 Å². The molecule has 0 unspecified atom stereocenters. The summed E-state index contributed by atoms with van der Waals surface area (Å²) in [5, 5.41) is 0. The third-order valence-electron chi connectivity index (χ3n) is 2.04. The molecule has 0 heterocycles.